The van der Waals surface area contributed by atoms with Crippen molar-refractivity contribution in [3.8, 4) is 11.1 Å². The van der Waals surface area contributed by atoms with Crippen molar-refractivity contribution in [3.05, 3.63) is 121 Å². The van der Waals surface area contributed by atoms with Crippen LogP contribution in [0.3, 0.4) is 0 Å². The molecule has 7 aromatic rings. The maximum atomic E-state index is 6.26. The highest BCUT2D eigenvalue weighted by Crippen LogP contribution is 2.37. The van der Waals surface area contributed by atoms with Crippen molar-refractivity contribution in [1.29, 1.82) is 0 Å². The molecule has 160 valence electrons. The van der Waals surface area contributed by atoms with Crippen molar-refractivity contribution >= 4 is 54.9 Å². The van der Waals surface area contributed by atoms with E-state index in [1.807, 2.05) is 12.1 Å². The largest absolute Gasteiger partial charge is 0.455 e. The van der Waals surface area contributed by atoms with E-state index in [-0.39, 0.29) is 0 Å². The number of nitrogens with one attached hydrogen (secondary N) is 1. The molecule has 0 saturated heterocycles. The molecule has 0 aliphatic heterocycles. The number of rotatable bonds is 3. The van der Waals surface area contributed by atoms with Crippen LogP contribution < -0.4 is 5.32 Å². The molecule has 0 aliphatic carbocycles. The van der Waals surface area contributed by atoms with Crippen LogP contribution in [-0.4, -0.2) is 0 Å². The zero-order valence-corrected chi connectivity index (χ0v) is 18.5. The topological polar surface area (TPSA) is 25.2 Å². The van der Waals surface area contributed by atoms with Crippen LogP contribution in [0.4, 0.5) is 11.4 Å². The molecule has 0 atom stereocenters. The molecule has 6 aromatic carbocycles. The summed E-state index contributed by atoms with van der Waals surface area (Å²) in [5.74, 6) is 0. The maximum absolute atomic E-state index is 6.26. The van der Waals surface area contributed by atoms with Crippen molar-refractivity contribution < 1.29 is 4.42 Å². The smallest absolute Gasteiger partial charge is 0.143 e. The molecular weight excluding hydrogens is 414 g/mol. The Morgan fingerprint density at radius 2 is 1.24 bits per heavy atom. The van der Waals surface area contributed by atoms with Crippen LogP contribution in [0, 0.1) is 0 Å². The van der Waals surface area contributed by atoms with Gasteiger partial charge in [0.05, 0.1) is 0 Å². The Morgan fingerprint density at radius 1 is 0.500 bits per heavy atom. The van der Waals surface area contributed by atoms with Gasteiger partial charge in [-0.3, -0.25) is 0 Å². The minimum absolute atomic E-state index is 0.926. The molecule has 0 aliphatic rings. The standard InChI is InChI=1S/C32H21NO/c1-2-9-26-21(7-1)8-5-13-30(26)33-25-18-17-22-19-24(16-15-23(22)20-25)27-11-6-12-29-28-10-3-4-14-31(28)34-32(27)29/h1-20,33H. The minimum atomic E-state index is 0.926. The van der Waals surface area contributed by atoms with Gasteiger partial charge in [-0.2, -0.15) is 0 Å². The fraction of sp³-hybridized carbons (Fsp3) is 0. The molecule has 0 spiro atoms. The number of benzene rings is 6. The third-order valence-corrected chi connectivity index (χ3v) is 6.62. The summed E-state index contributed by atoms with van der Waals surface area (Å²) in [5.41, 5.74) is 6.34. The summed E-state index contributed by atoms with van der Waals surface area (Å²) in [6.07, 6.45) is 0. The fourth-order valence-electron chi connectivity index (χ4n) is 4.96. The average Bonchev–Trinajstić information content (AvgIpc) is 3.28. The lowest BCUT2D eigenvalue weighted by Gasteiger charge is -2.11. The van der Waals surface area contributed by atoms with E-state index in [2.05, 4.69) is 115 Å². The number of furan rings is 1. The predicted octanol–water partition coefficient (Wildman–Crippen LogP) is 9.30. The van der Waals surface area contributed by atoms with E-state index in [0.717, 1.165) is 44.4 Å². The Kier molecular flexibility index (Phi) is 4.18. The van der Waals surface area contributed by atoms with Crippen molar-refractivity contribution in [2.45, 2.75) is 0 Å². The minimum Gasteiger partial charge on any atom is -0.455 e. The fourth-order valence-corrected chi connectivity index (χ4v) is 4.96. The first kappa shape index (κ1) is 19.0. The summed E-state index contributed by atoms with van der Waals surface area (Å²) in [6.45, 7) is 0. The Labute approximate surface area is 197 Å². The first-order valence-corrected chi connectivity index (χ1v) is 11.5. The van der Waals surface area contributed by atoms with Gasteiger partial charge in [-0.25, -0.2) is 0 Å². The second-order valence-corrected chi connectivity index (χ2v) is 8.71. The molecule has 7 rings (SSSR count). The Balaban J connectivity index is 1.29. The molecule has 0 amide bonds. The Morgan fingerprint density at radius 3 is 2.21 bits per heavy atom. The van der Waals surface area contributed by atoms with Crippen molar-refractivity contribution in [2.75, 3.05) is 5.32 Å². The molecule has 34 heavy (non-hydrogen) atoms. The van der Waals surface area contributed by atoms with Gasteiger partial charge in [-0.1, -0.05) is 91.0 Å². The second kappa shape index (κ2) is 7.50. The summed E-state index contributed by atoms with van der Waals surface area (Å²) in [7, 11) is 0. The van der Waals surface area contributed by atoms with Crippen molar-refractivity contribution in [2.24, 2.45) is 0 Å². The molecule has 0 unspecified atom stereocenters. The third-order valence-electron chi connectivity index (χ3n) is 6.62. The number of hydrogen-bond donors (Lipinski definition) is 1. The molecular formula is C32H21NO. The lowest BCUT2D eigenvalue weighted by atomic mass is 9.99. The first-order chi connectivity index (χ1) is 16.8. The predicted molar refractivity (Wildman–Crippen MR) is 144 cm³/mol. The van der Waals surface area contributed by atoms with E-state index in [0.29, 0.717) is 0 Å². The van der Waals surface area contributed by atoms with Crippen LogP contribution in [0.2, 0.25) is 0 Å². The molecule has 1 heterocycles. The van der Waals surface area contributed by atoms with Crippen LogP contribution in [0.1, 0.15) is 0 Å². The normalized spacial score (nSPS) is 11.5. The molecule has 2 nitrogen and oxygen atoms in total. The van der Waals surface area contributed by atoms with E-state index in [1.165, 1.54) is 21.5 Å². The third kappa shape index (κ3) is 3.04. The molecule has 0 saturated carbocycles. The summed E-state index contributed by atoms with van der Waals surface area (Å²) >= 11 is 0. The van der Waals surface area contributed by atoms with Crippen LogP contribution in [0.5, 0.6) is 0 Å². The quantitative estimate of drug-likeness (QED) is 0.299. The van der Waals surface area contributed by atoms with Crippen LogP contribution >= 0.6 is 0 Å². The summed E-state index contributed by atoms with van der Waals surface area (Å²) < 4.78 is 6.26. The van der Waals surface area contributed by atoms with Gasteiger partial charge in [0, 0.05) is 33.1 Å². The van der Waals surface area contributed by atoms with E-state index in [1.54, 1.807) is 0 Å². The number of para-hydroxylation sites is 2. The van der Waals surface area contributed by atoms with Crippen LogP contribution in [0.15, 0.2) is 126 Å². The van der Waals surface area contributed by atoms with E-state index < -0.39 is 0 Å². The number of hydrogen-bond acceptors (Lipinski definition) is 2. The summed E-state index contributed by atoms with van der Waals surface area (Å²) in [5, 5.41) is 10.8. The molecule has 0 fully saturated rings. The zero-order chi connectivity index (χ0) is 22.5. The lowest BCUT2D eigenvalue weighted by molar-refractivity contribution is 0.670. The van der Waals surface area contributed by atoms with Crippen LogP contribution in [0.25, 0.3) is 54.6 Å². The van der Waals surface area contributed by atoms with Crippen molar-refractivity contribution in [3.63, 3.8) is 0 Å². The van der Waals surface area contributed by atoms with Gasteiger partial charge in [-0.05, 0) is 52.1 Å². The van der Waals surface area contributed by atoms with Crippen LogP contribution in [-0.2, 0) is 0 Å². The monoisotopic (exact) mass is 435 g/mol. The van der Waals surface area contributed by atoms with Gasteiger partial charge in [0.25, 0.3) is 0 Å². The van der Waals surface area contributed by atoms with Gasteiger partial charge in [0.1, 0.15) is 11.2 Å². The maximum Gasteiger partial charge on any atom is 0.143 e. The highest BCUT2D eigenvalue weighted by atomic mass is 16.3. The number of anilines is 2. The highest BCUT2D eigenvalue weighted by Gasteiger charge is 2.12. The SMILES string of the molecule is c1ccc2c(Nc3ccc4cc(-c5cccc6c5oc5ccccc56)ccc4c3)cccc2c1. The first-order valence-electron chi connectivity index (χ1n) is 11.5. The second-order valence-electron chi connectivity index (χ2n) is 8.71. The molecule has 1 aromatic heterocycles. The Bertz CT molecular complexity index is 1840. The molecule has 0 radical (unpaired) electrons. The van der Waals surface area contributed by atoms with Gasteiger partial charge < -0.3 is 9.73 Å². The van der Waals surface area contributed by atoms with Gasteiger partial charge in [0.15, 0.2) is 0 Å². The van der Waals surface area contributed by atoms with Gasteiger partial charge in [0.2, 0.25) is 0 Å². The number of fused-ring (bicyclic) bond motifs is 5. The van der Waals surface area contributed by atoms with Gasteiger partial charge in [-0.15, -0.1) is 0 Å². The molecule has 1 N–H and O–H groups in total. The average molecular weight is 436 g/mol. The van der Waals surface area contributed by atoms with E-state index >= 15 is 0 Å². The Hall–Kier alpha value is -4.56. The molecule has 0 bridgehead atoms. The lowest BCUT2D eigenvalue weighted by Crippen LogP contribution is -1.91. The van der Waals surface area contributed by atoms with Gasteiger partial charge >= 0.3 is 0 Å². The van der Waals surface area contributed by atoms with Crippen molar-refractivity contribution in [1.82, 2.24) is 0 Å². The van der Waals surface area contributed by atoms with E-state index in [4.69, 9.17) is 4.42 Å². The highest BCUT2D eigenvalue weighted by molar-refractivity contribution is 6.10. The molecule has 2 heteroatoms. The zero-order valence-electron chi connectivity index (χ0n) is 18.5. The summed E-state index contributed by atoms with van der Waals surface area (Å²) in [4.78, 5) is 0. The van der Waals surface area contributed by atoms with E-state index in [9.17, 15) is 0 Å². The summed E-state index contributed by atoms with van der Waals surface area (Å²) in [6, 6.07) is 42.6.